The fourth-order valence-electron chi connectivity index (χ4n) is 3.84. The molecule has 0 unspecified atom stereocenters. The number of Topliss-reactive ketones (excluding diaryl/α,β-unsaturated/α-hetero) is 1. The molecule has 0 saturated carbocycles. The van der Waals surface area contributed by atoms with E-state index in [-0.39, 0.29) is 11.6 Å². The minimum atomic E-state index is -2.82. The molecule has 2 aliphatic heterocycles. The number of rotatable bonds is 6. The van der Waals surface area contributed by atoms with E-state index in [0.29, 0.717) is 42.6 Å². The molecule has 0 aromatic heterocycles. The quantitative estimate of drug-likeness (QED) is 0.704. The van der Waals surface area contributed by atoms with Gasteiger partial charge in [-0.25, -0.2) is 12.8 Å². The number of carbonyl (C=O) groups is 1. The van der Waals surface area contributed by atoms with Gasteiger partial charge in [-0.15, -0.1) is 0 Å². The van der Waals surface area contributed by atoms with E-state index in [0.717, 1.165) is 38.9 Å². The summed E-state index contributed by atoms with van der Waals surface area (Å²) in [5, 5.41) is 0. The molecule has 5 nitrogen and oxygen atoms in total. The number of hydrogen-bond donors (Lipinski definition) is 0. The number of nitrogens with zero attached hydrogens (tertiary/aromatic N) is 2. The summed E-state index contributed by atoms with van der Waals surface area (Å²) in [4.78, 5) is 16.8. The van der Waals surface area contributed by atoms with Crippen molar-refractivity contribution in [3.05, 3.63) is 35.6 Å². The van der Waals surface area contributed by atoms with Gasteiger partial charge in [0, 0.05) is 31.1 Å². The van der Waals surface area contributed by atoms with Crippen molar-refractivity contribution in [3.63, 3.8) is 0 Å². The molecule has 7 heteroatoms. The van der Waals surface area contributed by atoms with E-state index >= 15 is 0 Å². The molecule has 0 N–H and O–H groups in total. The zero-order valence-electron chi connectivity index (χ0n) is 15.1. The lowest BCUT2D eigenvalue weighted by molar-refractivity contribution is 0.0953. The highest BCUT2D eigenvalue weighted by Gasteiger charge is 2.29. The van der Waals surface area contributed by atoms with Gasteiger partial charge in [0.05, 0.1) is 11.5 Å². The van der Waals surface area contributed by atoms with Crippen LogP contribution in [0, 0.1) is 5.82 Å². The molecule has 2 fully saturated rings. The van der Waals surface area contributed by atoms with Crippen molar-refractivity contribution in [1.82, 2.24) is 9.80 Å². The Morgan fingerprint density at radius 2 is 1.65 bits per heavy atom. The van der Waals surface area contributed by atoms with E-state index in [1.165, 1.54) is 12.1 Å². The predicted octanol–water partition coefficient (Wildman–Crippen LogP) is 1.98. The molecule has 2 saturated heterocycles. The van der Waals surface area contributed by atoms with Crippen LogP contribution in [0.25, 0.3) is 0 Å². The van der Waals surface area contributed by atoms with Gasteiger partial charge in [0.2, 0.25) is 0 Å². The van der Waals surface area contributed by atoms with Crippen LogP contribution in [-0.4, -0.2) is 74.3 Å². The topological polar surface area (TPSA) is 57.7 Å². The molecule has 2 heterocycles. The Kier molecular flexibility index (Phi) is 6.42. The maximum Gasteiger partial charge on any atom is 0.162 e. The molecule has 0 radical (unpaired) electrons. The van der Waals surface area contributed by atoms with Crippen molar-refractivity contribution < 1.29 is 17.6 Å². The summed E-state index contributed by atoms with van der Waals surface area (Å²) in [5.74, 6) is 0.322. The summed E-state index contributed by atoms with van der Waals surface area (Å²) < 4.78 is 36.0. The highest BCUT2D eigenvalue weighted by atomic mass is 32.2. The van der Waals surface area contributed by atoms with Crippen LogP contribution >= 0.6 is 0 Å². The van der Waals surface area contributed by atoms with Crippen LogP contribution in [0.2, 0.25) is 0 Å². The van der Waals surface area contributed by atoms with E-state index in [1.54, 1.807) is 12.1 Å². The first kappa shape index (κ1) is 19.5. The number of benzene rings is 1. The van der Waals surface area contributed by atoms with E-state index in [9.17, 15) is 17.6 Å². The standard InChI is InChI=1S/C19H27FN2O3S/c20-17-5-3-16(4-6-17)19(23)2-1-9-21-10-7-18(8-11-21)22-12-14-26(24,25)15-13-22/h3-6,18H,1-2,7-15H2. The smallest absolute Gasteiger partial charge is 0.162 e. The summed E-state index contributed by atoms with van der Waals surface area (Å²) in [6.45, 7) is 4.23. The van der Waals surface area contributed by atoms with Crippen molar-refractivity contribution in [2.45, 2.75) is 31.7 Å². The van der Waals surface area contributed by atoms with E-state index < -0.39 is 9.84 Å². The first-order chi connectivity index (χ1) is 12.4. The third-order valence-corrected chi connectivity index (χ3v) is 7.11. The molecule has 3 rings (SSSR count). The van der Waals surface area contributed by atoms with Gasteiger partial charge < -0.3 is 4.90 Å². The van der Waals surface area contributed by atoms with Crippen molar-refractivity contribution in [2.24, 2.45) is 0 Å². The van der Waals surface area contributed by atoms with Crippen molar-refractivity contribution >= 4 is 15.6 Å². The van der Waals surface area contributed by atoms with Crippen molar-refractivity contribution in [2.75, 3.05) is 44.2 Å². The summed E-state index contributed by atoms with van der Waals surface area (Å²) in [6.07, 6.45) is 3.41. The zero-order valence-corrected chi connectivity index (χ0v) is 15.9. The molecule has 0 amide bonds. The largest absolute Gasteiger partial charge is 0.303 e. The van der Waals surface area contributed by atoms with Gasteiger partial charge in [0.1, 0.15) is 5.82 Å². The third kappa shape index (κ3) is 5.34. The minimum absolute atomic E-state index is 0.0643. The van der Waals surface area contributed by atoms with Gasteiger partial charge in [-0.1, -0.05) is 0 Å². The van der Waals surface area contributed by atoms with Gasteiger partial charge >= 0.3 is 0 Å². The number of ketones is 1. The van der Waals surface area contributed by atoms with Gasteiger partial charge in [0.25, 0.3) is 0 Å². The normalized spacial score (nSPS) is 22.3. The van der Waals surface area contributed by atoms with Crippen LogP contribution in [0.15, 0.2) is 24.3 Å². The first-order valence-electron chi connectivity index (χ1n) is 9.38. The Morgan fingerprint density at radius 3 is 2.27 bits per heavy atom. The molecule has 2 aliphatic rings. The van der Waals surface area contributed by atoms with Crippen LogP contribution in [0.4, 0.5) is 4.39 Å². The van der Waals surface area contributed by atoms with E-state index in [4.69, 9.17) is 0 Å². The Bertz CT molecular complexity index is 699. The number of hydrogen-bond acceptors (Lipinski definition) is 5. The Labute approximate surface area is 155 Å². The highest BCUT2D eigenvalue weighted by molar-refractivity contribution is 7.91. The number of carbonyl (C=O) groups excluding carboxylic acids is 1. The third-order valence-electron chi connectivity index (χ3n) is 5.50. The average Bonchev–Trinajstić information content (AvgIpc) is 2.63. The monoisotopic (exact) mass is 382 g/mol. The molecule has 0 atom stereocenters. The van der Waals surface area contributed by atoms with Crippen LogP contribution in [-0.2, 0) is 9.84 Å². The molecular weight excluding hydrogens is 355 g/mol. The Hall–Kier alpha value is -1.31. The first-order valence-corrected chi connectivity index (χ1v) is 11.2. The van der Waals surface area contributed by atoms with E-state index in [2.05, 4.69) is 9.80 Å². The molecule has 0 aliphatic carbocycles. The summed E-state index contributed by atoms with van der Waals surface area (Å²) in [6, 6.07) is 6.22. The zero-order chi connectivity index (χ0) is 18.6. The Morgan fingerprint density at radius 1 is 1.04 bits per heavy atom. The molecule has 26 heavy (non-hydrogen) atoms. The summed E-state index contributed by atoms with van der Waals surface area (Å²) in [7, 11) is -2.82. The Balaban J connectivity index is 1.35. The average molecular weight is 383 g/mol. The van der Waals surface area contributed by atoms with Gasteiger partial charge in [0.15, 0.2) is 15.6 Å². The lowest BCUT2D eigenvalue weighted by atomic mass is 10.0. The number of piperidine rings is 1. The van der Waals surface area contributed by atoms with Crippen molar-refractivity contribution in [1.29, 1.82) is 0 Å². The van der Waals surface area contributed by atoms with Crippen LogP contribution in [0.5, 0.6) is 0 Å². The van der Waals surface area contributed by atoms with Gasteiger partial charge in [-0.3, -0.25) is 9.69 Å². The molecule has 144 valence electrons. The molecule has 0 bridgehead atoms. The van der Waals surface area contributed by atoms with Crippen molar-refractivity contribution in [3.8, 4) is 0 Å². The van der Waals surface area contributed by atoms with E-state index in [1.807, 2.05) is 0 Å². The maximum absolute atomic E-state index is 12.9. The van der Waals surface area contributed by atoms with Crippen LogP contribution in [0.1, 0.15) is 36.0 Å². The summed E-state index contributed by atoms with van der Waals surface area (Å²) >= 11 is 0. The summed E-state index contributed by atoms with van der Waals surface area (Å²) in [5.41, 5.74) is 0.574. The minimum Gasteiger partial charge on any atom is -0.303 e. The SMILES string of the molecule is O=C(CCCN1CCC(N2CCS(=O)(=O)CC2)CC1)c1ccc(F)cc1. The predicted molar refractivity (Wildman–Crippen MR) is 99.7 cm³/mol. The fourth-order valence-corrected chi connectivity index (χ4v) is 5.07. The maximum atomic E-state index is 12.9. The lowest BCUT2D eigenvalue weighted by Crippen LogP contribution is -2.50. The second-order valence-corrected chi connectivity index (χ2v) is 9.60. The van der Waals surface area contributed by atoms with Crippen LogP contribution < -0.4 is 0 Å². The highest BCUT2D eigenvalue weighted by Crippen LogP contribution is 2.19. The lowest BCUT2D eigenvalue weighted by Gasteiger charge is -2.40. The molecular formula is C19H27FN2O3S. The molecule has 1 aromatic carbocycles. The molecule has 1 aromatic rings. The fraction of sp³-hybridized carbons (Fsp3) is 0.632. The number of likely N-dealkylation sites (tertiary alicyclic amines) is 1. The van der Waals surface area contributed by atoms with Gasteiger partial charge in [-0.05, 0) is 63.2 Å². The second-order valence-electron chi connectivity index (χ2n) is 7.29. The number of halogens is 1. The molecule has 0 spiro atoms. The van der Waals surface area contributed by atoms with Gasteiger partial charge in [-0.2, -0.15) is 0 Å². The second kappa shape index (κ2) is 8.59. The number of sulfone groups is 1. The van der Waals surface area contributed by atoms with Crippen LogP contribution in [0.3, 0.4) is 0 Å².